The Labute approximate surface area is 113 Å². The van der Waals surface area contributed by atoms with Crippen LogP contribution in [0.15, 0.2) is 46.4 Å². The third-order valence-corrected chi connectivity index (χ3v) is 4.24. The van der Waals surface area contributed by atoms with E-state index in [0.29, 0.717) is 0 Å². The largest absolute Gasteiger partial charge is 0.497 e. The second kappa shape index (κ2) is 6.10. The molecule has 2 rings (SSSR count). The first-order chi connectivity index (χ1) is 8.72. The Balaban J connectivity index is 1.81. The molecule has 0 spiro atoms. The Morgan fingerprint density at radius 1 is 1.33 bits per heavy atom. The van der Waals surface area contributed by atoms with Crippen molar-refractivity contribution in [2.24, 2.45) is 10.4 Å². The maximum atomic E-state index is 5.15. The van der Waals surface area contributed by atoms with Crippen LogP contribution in [0.1, 0.15) is 19.8 Å². The van der Waals surface area contributed by atoms with Crippen LogP contribution < -0.4 is 4.74 Å². The molecule has 96 valence electrons. The van der Waals surface area contributed by atoms with Gasteiger partial charge in [0.1, 0.15) is 5.75 Å². The van der Waals surface area contributed by atoms with E-state index in [9.17, 15) is 0 Å². The number of ether oxygens (including phenoxy) is 1. The minimum atomic E-state index is 0.279. The first-order valence-electron chi connectivity index (χ1n) is 6.18. The summed E-state index contributed by atoms with van der Waals surface area (Å²) in [5.74, 6) is 2.04. The van der Waals surface area contributed by atoms with E-state index in [4.69, 9.17) is 4.74 Å². The zero-order valence-corrected chi connectivity index (χ0v) is 11.7. The molecule has 1 aromatic carbocycles. The Kier molecular flexibility index (Phi) is 4.48. The van der Waals surface area contributed by atoms with E-state index in [-0.39, 0.29) is 5.41 Å². The summed E-state index contributed by atoms with van der Waals surface area (Å²) in [5.41, 5.74) is 0.279. The van der Waals surface area contributed by atoms with Crippen molar-refractivity contribution in [2.75, 3.05) is 12.9 Å². The van der Waals surface area contributed by atoms with Gasteiger partial charge in [-0.15, -0.1) is 11.8 Å². The number of hydrogen-bond acceptors (Lipinski definition) is 3. The molecule has 0 bridgehead atoms. The smallest absolute Gasteiger partial charge is 0.118 e. The van der Waals surface area contributed by atoms with Crippen LogP contribution in [0, 0.1) is 5.41 Å². The highest BCUT2D eigenvalue weighted by Crippen LogP contribution is 2.32. The minimum Gasteiger partial charge on any atom is -0.497 e. The van der Waals surface area contributed by atoms with Gasteiger partial charge in [0, 0.05) is 17.3 Å². The van der Waals surface area contributed by atoms with Crippen LogP contribution in [-0.2, 0) is 0 Å². The van der Waals surface area contributed by atoms with Gasteiger partial charge >= 0.3 is 0 Å². The second-order valence-electron chi connectivity index (χ2n) is 4.78. The Hall–Kier alpha value is -1.22. The zero-order valence-electron chi connectivity index (χ0n) is 10.9. The van der Waals surface area contributed by atoms with E-state index in [2.05, 4.69) is 30.1 Å². The van der Waals surface area contributed by atoms with Crippen LogP contribution in [0.4, 0.5) is 0 Å². The standard InChI is InChI=1S/C15H19NOS/c1-15(7-10-16-11-8-15)9-12-18-14-5-3-13(17-2)4-6-14/h3-7,10-11H,8-9,12H2,1-2H3. The van der Waals surface area contributed by atoms with Crippen LogP contribution in [0.3, 0.4) is 0 Å². The molecule has 1 aromatic rings. The van der Waals surface area contributed by atoms with Gasteiger partial charge in [-0.1, -0.05) is 13.0 Å². The molecule has 0 saturated heterocycles. The lowest BCUT2D eigenvalue weighted by molar-refractivity contribution is 0.414. The van der Waals surface area contributed by atoms with E-state index in [0.717, 1.165) is 17.9 Å². The molecule has 3 heteroatoms. The van der Waals surface area contributed by atoms with Crippen molar-refractivity contribution in [1.82, 2.24) is 0 Å². The van der Waals surface area contributed by atoms with E-state index in [1.54, 1.807) is 7.11 Å². The zero-order chi connectivity index (χ0) is 12.8. The summed E-state index contributed by atoms with van der Waals surface area (Å²) in [7, 11) is 1.69. The highest BCUT2D eigenvalue weighted by atomic mass is 32.2. The lowest BCUT2D eigenvalue weighted by atomic mass is 9.83. The first kappa shape index (κ1) is 13.2. The SMILES string of the molecule is COc1ccc(SCCC2(C)C=CN=CC2)cc1. The van der Waals surface area contributed by atoms with Crippen molar-refractivity contribution < 1.29 is 4.74 Å². The van der Waals surface area contributed by atoms with Crippen LogP contribution in [0.25, 0.3) is 0 Å². The van der Waals surface area contributed by atoms with Crippen molar-refractivity contribution in [1.29, 1.82) is 0 Å². The number of rotatable bonds is 5. The van der Waals surface area contributed by atoms with Crippen molar-refractivity contribution in [3.8, 4) is 5.75 Å². The topological polar surface area (TPSA) is 21.6 Å². The summed E-state index contributed by atoms with van der Waals surface area (Å²) in [5, 5.41) is 0. The third-order valence-electron chi connectivity index (χ3n) is 3.23. The molecule has 0 N–H and O–H groups in total. The highest BCUT2D eigenvalue weighted by Gasteiger charge is 2.20. The summed E-state index contributed by atoms with van der Waals surface area (Å²) >= 11 is 1.90. The number of methoxy groups -OCH3 is 1. The molecule has 0 saturated carbocycles. The number of allylic oxidation sites excluding steroid dienone is 1. The van der Waals surface area contributed by atoms with E-state index < -0.39 is 0 Å². The van der Waals surface area contributed by atoms with Crippen LogP contribution in [0.2, 0.25) is 0 Å². The first-order valence-corrected chi connectivity index (χ1v) is 7.17. The number of hydrogen-bond donors (Lipinski definition) is 0. The molecule has 0 radical (unpaired) electrons. The number of aliphatic imine (C=N–C) groups is 1. The Bertz CT molecular complexity index is 438. The lowest BCUT2D eigenvalue weighted by Crippen LogP contribution is -2.16. The molecular weight excluding hydrogens is 242 g/mol. The maximum absolute atomic E-state index is 5.15. The molecule has 1 aliphatic heterocycles. The maximum Gasteiger partial charge on any atom is 0.118 e. The summed E-state index contributed by atoms with van der Waals surface area (Å²) in [4.78, 5) is 5.43. The number of nitrogens with zero attached hydrogens (tertiary/aromatic N) is 1. The van der Waals surface area contributed by atoms with E-state index >= 15 is 0 Å². The molecule has 0 amide bonds. The summed E-state index contributed by atoms with van der Waals surface area (Å²) in [6, 6.07) is 8.25. The summed E-state index contributed by atoms with van der Waals surface area (Å²) in [6.07, 6.45) is 8.38. The predicted molar refractivity (Wildman–Crippen MR) is 78.7 cm³/mol. The van der Waals surface area contributed by atoms with Crippen LogP contribution in [0.5, 0.6) is 5.75 Å². The van der Waals surface area contributed by atoms with Gasteiger partial charge in [0.05, 0.1) is 7.11 Å². The molecular formula is C15H19NOS. The number of benzene rings is 1. The van der Waals surface area contributed by atoms with Gasteiger partial charge in [0.25, 0.3) is 0 Å². The Morgan fingerprint density at radius 3 is 2.72 bits per heavy atom. The fourth-order valence-corrected chi connectivity index (χ4v) is 3.01. The lowest BCUT2D eigenvalue weighted by Gasteiger charge is -2.25. The van der Waals surface area contributed by atoms with E-state index in [1.807, 2.05) is 36.3 Å². The molecule has 1 aliphatic rings. The molecule has 0 aromatic heterocycles. The van der Waals surface area contributed by atoms with Gasteiger partial charge < -0.3 is 4.74 Å². The monoisotopic (exact) mass is 261 g/mol. The van der Waals surface area contributed by atoms with Crippen molar-refractivity contribution in [3.05, 3.63) is 36.5 Å². The number of thioether (sulfide) groups is 1. The minimum absolute atomic E-state index is 0.279. The van der Waals surface area contributed by atoms with Gasteiger partial charge in [-0.25, -0.2) is 0 Å². The Morgan fingerprint density at radius 2 is 2.11 bits per heavy atom. The third kappa shape index (κ3) is 3.64. The molecule has 0 fully saturated rings. The second-order valence-corrected chi connectivity index (χ2v) is 5.95. The molecule has 1 heterocycles. The van der Waals surface area contributed by atoms with Gasteiger partial charge in [-0.2, -0.15) is 0 Å². The highest BCUT2D eigenvalue weighted by molar-refractivity contribution is 7.99. The average Bonchev–Trinajstić information content (AvgIpc) is 2.40. The van der Waals surface area contributed by atoms with Gasteiger partial charge in [0.2, 0.25) is 0 Å². The van der Waals surface area contributed by atoms with Gasteiger partial charge in [0.15, 0.2) is 0 Å². The normalized spacial score (nSPS) is 22.1. The van der Waals surface area contributed by atoms with E-state index in [1.165, 1.54) is 11.3 Å². The fraction of sp³-hybridized carbons (Fsp3) is 0.400. The molecule has 0 aliphatic carbocycles. The van der Waals surface area contributed by atoms with Gasteiger partial charge in [-0.05, 0) is 48.3 Å². The average molecular weight is 261 g/mol. The van der Waals surface area contributed by atoms with Crippen LogP contribution >= 0.6 is 11.8 Å². The predicted octanol–water partition coefficient (Wildman–Crippen LogP) is 4.17. The van der Waals surface area contributed by atoms with Crippen molar-refractivity contribution in [3.63, 3.8) is 0 Å². The fourth-order valence-electron chi connectivity index (χ4n) is 1.87. The molecule has 1 atom stereocenters. The van der Waals surface area contributed by atoms with Gasteiger partial charge in [-0.3, -0.25) is 4.99 Å². The molecule has 18 heavy (non-hydrogen) atoms. The quantitative estimate of drug-likeness (QED) is 0.742. The molecule has 2 nitrogen and oxygen atoms in total. The van der Waals surface area contributed by atoms with Crippen molar-refractivity contribution in [2.45, 2.75) is 24.7 Å². The summed E-state index contributed by atoms with van der Waals surface area (Å²) < 4.78 is 5.15. The van der Waals surface area contributed by atoms with Crippen LogP contribution in [-0.4, -0.2) is 19.1 Å². The molecule has 1 unspecified atom stereocenters. The van der Waals surface area contributed by atoms with Crippen molar-refractivity contribution >= 4 is 18.0 Å². The summed E-state index contributed by atoms with van der Waals surface area (Å²) in [6.45, 7) is 2.29.